The number of alkyl halides is 2. The standard InChI is InChI=1S/C5H7BF5.K/c7-5(8)3-4(5)1-2-6(9,10)11;/h4H,1-3H2;/q-1;+1. The van der Waals surface area contributed by atoms with Crippen LogP contribution < -0.4 is 51.4 Å². The van der Waals surface area contributed by atoms with E-state index < -0.39 is 31.6 Å². The van der Waals surface area contributed by atoms with Crippen LogP contribution in [0, 0.1) is 5.92 Å². The van der Waals surface area contributed by atoms with Crippen molar-refractivity contribution in [3.8, 4) is 0 Å². The molecule has 12 heavy (non-hydrogen) atoms. The van der Waals surface area contributed by atoms with Gasteiger partial charge in [-0.05, 0) is 0 Å². The summed E-state index contributed by atoms with van der Waals surface area (Å²) in [5.41, 5.74) is 0. The van der Waals surface area contributed by atoms with Crippen molar-refractivity contribution in [3.05, 3.63) is 0 Å². The van der Waals surface area contributed by atoms with E-state index in [1.54, 1.807) is 0 Å². The minimum absolute atomic E-state index is 0. The zero-order valence-electron chi connectivity index (χ0n) is 6.67. The Morgan fingerprint density at radius 3 is 1.92 bits per heavy atom. The summed E-state index contributed by atoms with van der Waals surface area (Å²) in [5, 5.41) is 0. The minimum atomic E-state index is -4.87. The molecule has 0 nitrogen and oxygen atoms in total. The Morgan fingerprint density at radius 2 is 1.67 bits per heavy atom. The van der Waals surface area contributed by atoms with E-state index in [1.165, 1.54) is 0 Å². The van der Waals surface area contributed by atoms with Crippen molar-refractivity contribution in [1.29, 1.82) is 0 Å². The Kier molecular flexibility index (Phi) is 4.73. The van der Waals surface area contributed by atoms with Crippen molar-refractivity contribution >= 4 is 6.98 Å². The largest absolute Gasteiger partial charge is 1.00 e. The molecule has 1 fully saturated rings. The predicted octanol–water partition coefficient (Wildman–Crippen LogP) is -0.117. The summed E-state index contributed by atoms with van der Waals surface area (Å²) in [6.45, 7) is -4.87. The number of hydrogen-bond donors (Lipinski definition) is 0. The molecule has 0 N–H and O–H groups in total. The maximum atomic E-state index is 12.0. The molecule has 1 atom stereocenters. The fourth-order valence-electron chi connectivity index (χ4n) is 0.973. The molecule has 0 saturated heterocycles. The Morgan fingerprint density at radius 1 is 1.25 bits per heavy atom. The fraction of sp³-hybridized carbons (Fsp3) is 1.00. The molecular weight excluding hydrogens is 205 g/mol. The van der Waals surface area contributed by atoms with E-state index >= 15 is 0 Å². The third kappa shape index (κ3) is 4.55. The van der Waals surface area contributed by atoms with Crippen molar-refractivity contribution in [1.82, 2.24) is 0 Å². The molecule has 1 aliphatic rings. The van der Waals surface area contributed by atoms with Gasteiger partial charge < -0.3 is 12.9 Å². The molecule has 7 heteroatoms. The summed E-state index contributed by atoms with van der Waals surface area (Å²) < 4.78 is 58.6. The third-order valence-corrected chi connectivity index (χ3v) is 1.80. The van der Waals surface area contributed by atoms with Crippen LogP contribution in [0.2, 0.25) is 6.32 Å². The van der Waals surface area contributed by atoms with Gasteiger partial charge in [-0.3, -0.25) is 0 Å². The van der Waals surface area contributed by atoms with Crippen LogP contribution in [0.25, 0.3) is 0 Å². The van der Waals surface area contributed by atoms with Crippen LogP contribution in [-0.2, 0) is 0 Å². The zero-order chi connectivity index (χ0) is 8.70. The summed E-state index contributed by atoms with van der Waals surface area (Å²) in [6.07, 6.45) is -1.80. The quantitative estimate of drug-likeness (QED) is 0.452. The summed E-state index contributed by atoms with van der Waals surface area (Å²) in [5.74, 6) is -3.81. The molecule has 0 bridgehead atoms. The van der Waals surface area contributed by atoms with E-state index in [2.05, 4.69) is 0 Å². The van der Waals surface area contributed by atoms with E-state index in [9.17, 15) is 21.7 Å². The maximum Gasteiger partial charge on any atom is 1.00 e. The van der Waals surface area contributed by atoms with E-state index in [1.807, 2.05) is 0 Å². The third-order valence-electron chi connectivity index (χ3n) is 1.80. The van der Waals surface area contributed by atoms with E-state index in [0.717, 1.165) is 0 Å². The first kappa shape index (κ1) is 13.4. The van der Waals surface area contributed by atoms with E-state index in [4.69, 9.17) is 0 Å². The molecule has 0 aromatic rings. The van der Waals surface area contributed by atoms with Crippen LogP contribution in [0.5, 0.6) is 0 Å². The first-order valence-electron chi connectivity index (χ1n) is 3.40. The van der Waals surface area contributed by atoms with Gasteiger partial charge in [0.1, 0.15) is 0 Å². The predicted molar refractivity (Wildman–Crippen MR) is 31.6 cm³/mol. The number of hydrogen-bond acceptors (Lipinski definition) is 0. The Labute approximate surface area is 110 Å². The minimum Gasteiger partial charge on any atom is -0.449 e. The van der Waals surface area contributed by atoms with Gasteiger partial charge >= 0.3 is 58.4 Å². The van der Waals surface area contributed by atoms with Crippen LogP contribution in [-0.4, -0.2) is 12.9 Å². The van der Waals surface area contributed by atoms with Crippen molar-refractivity contribution in [2.45, 2.75) is 25.1 Å². The van der Waals surface area contributed by atoms with E-state index in [-0.39, 0.29) is 57.8 Å². The molecule has 66 valence electrons. The van der Waals surface area contributed by atoms with Gasteiger partial charge in [-0.2, -0.15) is 0 Å². The Hall–Kier alpha value is 1.35. The number of rotatable bonds is 3. The average molecular weight is 212 g/mol. The average Bonchev–Trinajstić information content (AvgIpc) is 2.33. The molecule has 0 amide bonds. The van der Waals surface area contributed by atoms with Gasteiger partial charge in [0.25, 0.3) is 5.92 Å². The maximum absolute atomic E-state index is 12.0. The van der Waals surface area contributed by atoms with Gasteiger partial charge in [0.15, 0.2) is 0 Å². The first-order valence-corrected chi connectivity index (χ1v) is 3.40. The van der Waals surface area contributed by atoms with Gasteiger partial charge in [0.2, 0.25) is 0 Å². The van der Waals surface area contributed by atoms with Gasteiger partial charge in [0, 0.05) is 12.3 Å². The van der Waals surface area contributed by atoms with Crippen molar-refractivity contribution < 1.29 is 73.1 Å². The molecule has 1 aliphatic carbocycles. The molecule has 0 radical (unpaired) electrons. The van der Waals surface area contributed by atoms with Crippen molar-refractivity contribution in [2.24, 2.45) is 5.92 Å². The van der Waals surface area contributed by atoms with Crippen LogP contribution in [0.3, 0.4) is 0 Å². The summed E-state index contributed by atoms with van der Waals surface area (Å²) >= 11 is 0. The van der Waals surface area contributed by atoms with Gasteiger partial charge in [-0.25, -0.2) is 8.78 Å². The zero-order valence-corrected chi connectivity index (χ0v) is 9.79. The first-order chi connectivity index (χ1) is 4.81. The fourth-order valence-corrected chi connectivity index (χ4v) is 0.973. The van der Waals surface area contributed by atoms with Crippen molar-refractivity contribution in [2.75, 3.05) is 0 Å². The molecule has 0 spiro atoms. The second-order valence-electron chi connectivity index (χ2n) is 2.95. The Balaban J connectivity index is 0.00000121. The molecular formula is C5H7BF5K. The van der Waals surface area contributed by atoms with Crippen LogP contribution in [0.1, 0.15) is 12.8 Å². The molecule has 1 rings (SSSR count). The van der Waals surface area contributed by atoms with E-state index in [0.29, 0.717) is 0 Å². The van der Waals surface area contributed by atoms with Gasteiger partial charge in [-0.15, -0.1) is 0 Å². The smallest absolute Gasteiger partial charge is 0.449 e. The van der Waals surface area contributed by atoms with Crippen LogP contribution in [0.4, 0.5) is 21.7 Å². The summed E-state index contributed by atoms with van der Waals surface area (Å²) in [6, 6.07) is 0. The molecule has 0 aliphatic heterocycles. The van der Waals surface area contributed by atoms with Crippen molar-refractivity contribution in [3.63, 3.8) is 0 Å². The van der Waals surface area contributed by atoms with Crippen LogP contribution in [0.15, 0.2) is 0 Å². The molecule has 1 unspecified atom stereocenters. The van der Waals surface area contributed by atoms with Crippen LogP contribution >= 0.6 is 0 Å². The second kappa shape index (κ2) is 4.25. The normalized spacial score (nSPS) is 26.2. The topological polar surface area (TPSA) is 0 Å². The number of halogens is 5. The monoisotopic (exact) mass is 212 g/mol. The molecule has 0 aromatic heterocycles. The molecule has 0 heterocycles. The Bertz CT molecular complexity index is 156. The second-order valence-corrected chi connectivity index (χ2v) is 2.95. The summed E-state index contributed by atoms with van der Waals surface area (Å²) in [7, 11) is 0. The molecule has 1 saturated carbocycles. The SMILES string of the molecule is F[B-](F)(F)CCC1CC1(F)F.[K+]. The summed E-state index contributed by atoms with van der Waals surface area (Å²) in [4.78, 5) is 0. The molecule has 0 aromatic carbocycles. The van der Waals surface area contributed by atoms with Gasteiger partial charge in [0.05, 0.1) is 0 Å². The van der Waals surface area contributed by atoms with Gasteiger partial charge in [-0.1, -0.05) is 12.7 Å².